The lowest BCUT2D eigenvalue weighted by atomic mass is 10.1. The minimum atomic E-state index is -3.32. The zero-order chi connectivity index (χ0) is 20.6. The largest absolute Gasteiger partial charge is 0.336 e. The zero-order valence-corrected chi connectivity index (χ0v) is 17.7. The predicted octanol–water partition coefficient (Wildman–Crippen LogP) is 2.36. The van der Waals surface area contributed by atoms with Gasteiger partial charge in [0.1, 0.15) is 0 Å². The Labute approximate surface area is 172 Å². The van der Waals surface area contributed by atoms with E-state index in [0.29, 0.717) is 30.8 Å². The Bertz CT molecular complexity index is 999. The van der Waals surface area contributed by atoms with Crippen molar-refractivity contribution in [2.75, 3.05) is 36.7 Å². The zero-order valence-electron chi connectivity index (χ0n) is 16.9. The van der Waals surface area contributed by atoms with E-state index in [0.717, 1.165) is 25.2 Å². The molecule has 1 amide bonds. The quantitative estimate of drug-likeness (QED) is 0.772. The van der Waals surface area contributed by atoms with Crippen LogP contribution in [0, 0.1) is 0 Å². The molecule has 1 fully saturated rings. The Balaban J connectivity index is 1.42. The Morgan fingerprint density at radius 3 is 2.38 bits per heavy atom. The van der Waals surface area contributed by atoms with E-state index >= 15 is 0 Å². The highest BCUT2D eigenvalue weighted by molar-refractivity contribution is 7.92. The predicted molar refractivity (Wildman–Crippen MR) is 115 cm³/mol. The number of hydrogen-bond donors (Lipinski definition) is 0. The lowest BCUT2D eigenvalue weighted by molar-refractivity contribution is 0.0628. The van der Waals surface area contributed by atoms with Gasteiger partial charge >= 0.3 is 0 Å². The van der Waals surface area contributed by atoms with E-state index < -0.39 is 10.0 Å². The fourth-order valence-corrected chi connectivity index (χ4v) is 5.64. The summed E-state index contributed by atoms with van der Waals surface area (Å²) in [5.41, 5.74) is 3.55. The molecule has 0 spiro atoms. The van der Waals surface area contributed by atoms with Gasteiger partial charge in [0.2, 0.25) is 10.0 Å². The molecular weight excluding hydrogens is 386 g/mol. The number of rotatable bonds is 4. The monoisotopic (exact) mass is 413 g/mol. The summed E-state index contributed by atoms with van der Waals surface area (Å²) in [5, 5.41) is 0. The number of piperazine rings is 1. The normalized spacial score (nSPS) is 20.0. The first-order chi connectivity index (χ1) is 13.8. The molecular formula is C22H27N3O3S. The molecule has 0 unspecified atom stereocenters. The molecule has 2 aromatic carbocycles. The number of anilines is 1. The maximum absolute atomic E-state index is 13.0. The van der Waals surface area contributed by atoms with Crippen LogP contribution in [-0.2, 0) is 23.0 Å². The molecule has 154 valence electrons. The van der Waals surface area contributed by atoms with Gasteiger partial charge < -0.3 is 4.90 Å². The number of amides is 1. The van der Waals surface area contributed by atoms with Gasteiger partial charge in [0.05, 0.1) is 11.9 Å². The third-order valence-electron chi connectivity index (χ3n) is 5.75. The highest BCUT2D eigenvalue weighted by Crippen LogP contribution is 2.35. The van der Waals surface area contributed by atoms with Crippen LogP contribution in [0.15, 0.2) is 48.5 Å². The summed E-state index contributed by atoms with van der Waals surface area (Å²) < 4.78 is 25.6. The number of sulfonamides is 1. The minimum Gasteiger partial charge on any atom is -0.336 e. The molecule has 0 N–H and O–H groups in total. The lowest BCUT2D eigenvalue weighted by Gasteiger charge is -2.35. The Kier molecular flexibility index (Phi) is 5.36. The van der Waals surface area contributed by atoms with E-state index in [1.807, 2.05) is 24.0 Å². The van der Waals surface area contributed by atoms with Gasteiger partial charge in [0.15, 0.2) is 0 Å². The van der Waals surface area contributed by atoms with Crippen LogP contribution in [0.2, 0.25) is 0 Å². The number of hydrogen-bond acceptors (Lipinski definition) is 4. The van der Waals surface area contributed by atoms with Gasteiger partial charge in [0, 0.05) is 44.3 Å². The van der Waals surface area contributed by atoms with Crippen LogP contribution in [0.3, 0.4) is 0 Å². The number of carbonyl (C=O) groups is 1. The Morgan fingerprint density at radius 1 is 1.03 bits per heavy atom. The van der Waals surface area contributed by atoms with Crippen LogP contribution < -0.4 is 4.31 Å². The van der Waals surface area contributed by atoms with Crippen molar-refractivity contribution in [2.24, 2.45) is 0 Å². The van der Waals surface area contributed by atoms with Crippen molar-refractivity contribution >= 4 is 21.6 Å². The average molecular weight is 414 g/mol. The van der Waals surface area contributed by atoms with Gasteiger partial charge in [-0.05, 0) is 42.7 Å². The second-order valence-electron chi connectivity index (χ2n) is 8.01. The Hall–Kier alpha value is -2.38. The summed E-state index contributed by atoms with van der Waals surface area (Å²) >= 11 is 0. The summed E-state index contributed by atoms with van der Waals surface area (Å²) in [7, 11) is -3.32. The second-order valence-corrected chi connectivity index (χ2v) is 9.87. The third kappa shape index (κ3) is 4.16. The first kappa shape index (κ1) is 19.9. The molecule has 7 heteroatoms. The maximum Gasteiger partial charge on any atom is 0.253 e. The molecule has 2 aromatic rings. The summed E-state index contributed by atoms with van der Waals surface area (Å²) in [6, 6.07) is 15.7. The van der Waals surface area contributed by atoms with Crippen LogP contribution in [0.4, 0.5) is 5.69 Å². The smallest absolute Gasteiger partial charge is 0.253 e. The molecule has 0 radical (unpaired) electrons. The topological polar surface area (TPSA) is 60.9 Å². The van der Waals surface area contributed by atoms with Crippen molar-refractivity contribution in [3.05, 3.63) is 65.2 Å². The van der Waals surface area contributed by atoms with Gasteiger partial charge in [-0.25, -0.2) is 8.42 Å². The van der Waals surface area contributed by atoms with Gasteiger partial charge in [-0.3, -0.25) is 14.0 Å². The Morgan fingerprint density at radius 2 is 1.72 bits per heavy atom. The number of nitrogens with zero attached hydrogens (tertiary/aromatic N) is 3. The SMILES string of the molecule is C[C@@H]1Cc2cc(C(=O)N3CCN(Cc4ccccc4)CC3)ccc2N1S(C)(=O)=O. The molecule has 0 bridgehead atoms. The second kappa shape index (κ2) is 7.80. The molecule has 1 saturated heterocycles. The molecule has 29 heavy (non-hydrogen) atoms. The van der Waals surface area contributed by atoms with Gasteiger partial charge in [-0.1, -0.05) is 30.3 Å². The van der Waals surface area contributed by atoms with Crippen molar-refractivity contribution in [1.82, 2.24) is 9.80 Å². The number of carbonyl (C=O) groups excluding carboxylic acids is 1. The maximum atomic E-state index is 13.0. The van der Waals surface area contributed by atoms with Crippen LogP contribution in [0.5, 0.6) is 0 Å². The van der Waals surface area contributed by atoms with Crippen LogP contribution in [0.1, 0.15) is 28.4 Å². The molecule has 4 rings (SSSR count). The minimum absolute atomic E-state index is 0.0256. The van der Waals surface area contributed by atoms with E-state index in [1.165, 1.54) is 16.1 Å². The molecule has 2 aliphatic heterocycles. The fraction of sp³-hybridized carbons (Fsp3) is 0.409. The molecule has 0 aliphatic carbocycles. The van der Waals surface area contributed by atoms with E-state index in [2.05, 4.69) is 29.2 Å². The molecule has 2 heterocycles. The van der Waals surface area contributed by atoms with Gasteiger partial charge in [0.25, 0.3) is 5.91 Å². The first-order valence-electron chi connectivity index (χ1n) is 10.0. The lowest BCUT2D eigenvalue weighted by Crippen LogP contribution is -2.48. The van der Waals surface area contributed by atoms with Crippen molar-refractivity contribution < 1.29 is 13.2 Å². The number of benzene rings is 2. The van der Waals surface area contributed by atoms with Crippen LogP contribution >= 0.6 is 0 Å². The standard InChI is InChI=1S/C22H27N3O3S/c1-17-14-20-15-19(8-9-21(20)25(17)29(2,27)28)22(26)24-12-10-23(11-13-24)16-18-6-4-3-5-7-18/h3-9,15,17H,10-14,16H2,1-2H3/t17-/m1/s1. The first-order valence-corrected chi connectivity index (χ1v) is 11.9. The summed E-state index contributed by atoms with van der Waals surface area (Å²) in [6.07, 6.45) is 1.86. The molecule has 0 aromatic heterocycles. The van der Waals surface area contributed by atoms with Gasteiger partial charge in [-0.15, -0.1) is 0 Å². The van der Waals surface area contributed by atoms with Crippen molar-refractivity contribution in [3.63, 3.8) is 0 Å². The summed E-state index contributed by atoms with van der Waals surface area (Å²) in [6.45, 7) is 5.91. The van der Waals surface area contributed by atoms with Crippen molar-refractivity contribution in [3.8, 4) is 0 Å². The number of fused-ring (bicyclic) bond motifs is 1. The third-order valence-corrected chi connectivity index (χ3v) is 7.02. The molecule has 2 aliphatic rings. The van der Waals surface area contributed by atoms with Crippen molar-refractivity contribution in [1.29, 1.82) is 0 Å². The molecule has 1 atom stereocenters. The van der Waals surface area contributed by atoms with E-state index in [1.54, 1.807) is 12.1 Å². The molecule has 6 nitrogen and oxygen atoms in total. The van der Waals surface area contributed by atoms with Gasteiger partial charge in [-0.2, -0.15) is 0 Å². The summed E-state index contributed by atoms with van der Waals surface area (Å²) in [4.78, 5) is 17.3. The van der Waals surface area contributed by atoms with Crippen LogP contribution in [0.25, 0.3) is 0 Å². The average Bonchev–Trinajstić information content (AvgIpc) is 3.04. The molecule has 0 saturated carbocycles. The van der Waals surface area contributed by atoms with E-state index in [-0.39, 0.29) is 11.9 Å². The highest BCUT2D eigenvalue weighted by Gasteiger charge is 2.33. The van der Waals surface area contributed by atoms with E-state index in [9.17, 15) is 13.2 Å². The fourth-order valence-electron chi connectivity index (χ4n) is 4.37. The highest BCUT2D eigenvalue weighted by atomic mass is 32.2. The van der Waals surface area contributed by atoms with E-state index in [4.69, 9.17) is 0 Å². The van der Waals surface area contributed by atoms with Crippen LogP contribution in [-0.4, -0.2) is 62.6 Å². The van der Waals surface area contributed by atoms with Crippen molar-refractivity contribution in [2.45, 2.75) is 25.9 Å². The summed E-state index contributed by atoms with van der Waals surface area (Å²) in [5.74, 6) is 0.0256.